The standard InChI is InChI=1S/C12H20O2/c1-10(2)8-5-6-12(10,4)11(3,7-8)9(13)14/h8H,5-7H2,1-4H3,(H,13,14). The molecular formula is C12H20O2. The van der Waals surface area contributed by atoms with Crippen LogP contribution in [0.2, 0.25) is 0 Å². The summed E-state index contributed by atoms with van der Waals surface area (Å²) in [6, 6.07) is 0. The fourth-order valence-corrected chi connectivity index (χ4v) is 3.98. The summed E-state index contributed by atoms with van der Waals surface area (Å²) in [6.45, 7) is 8.61. The summed E-state index contributed by atoms with van der Waals surface area (Å²) in [6.07, 6.45) is 3.16. The Hall–Kier alpha value is -0.530. The van der Waals surface area contributed by atoms with E-state index >= 15 is 0 Å². The summed E-state index contributed by atoms with van der Waals surface area (Å²) in [4.78, 5) is 11.4. The molecule has 14 heavy (non-hydrogen) atoms. The predicted octanol–water partition coefficient (Wildman–Crippen LogP) is 2.92. The lowest BCUT2D eigenvalue weighted by atomic mass is 9.59. The molecule has 2 heteroatoms. The number of carboxylic acids is 1. The van der Waals surface area contributed by atoms with Crippen LogP contribution in [-0.4, -0.2) is 11.1 Å². The molecule has 0 radical (unpaired) electrons. The highest BCUT2D eigenvalue weighted by atomic mass is 16.4. The molecule has 0 aromatic carbocycles. The molecule has 80 valence electrons. The number of hydrogen-bond acceptors (Lipinski definition) is 1. The molecule has 0 aliphatic heterocycles. The second kappa shape index (κ2) is 2.34. The van der Waals surface area contributed by atoms with Crippen molar-refractivity contribution in [2.24, 2.45) is 22.2 Å². The van der Waals surface area contributed by atoms with Gasteiger partial charge in [0.25, 0.3) is 0 Å². The van der Waals surface area contributed by atoms with Crippen LogP contribution in [0.25, 0.3) is 0 Å². The highest BCUT2D eigenvalue weighted by molar-refractivity contribution is 5.76. The van der Waals surface area contributed by atoms with Crippen molar-refractivity contribution in [1.29, 1.82) is 0 Å². The zero-order chi connectivity index (χ0) is 10.8. The average molecular weight is 196 g/mol. The average Bonchev–Trinajstić information content (AvgIpc) is 2.36. The van der Waals surface area contributed by atoms with Crippen molar-refractivity contribution >= 4 is 5.97 Å². The van der Waals surface area contributed by atoms with Crippen molar-refractivity contribution in [2.45, 2.75) is 47.0 Å². The highest BCUT2D eigenvalue weighted by Crippen LogP contribution is 2.73. The first kappa shape index (κ1) is 10.0. The summed E-state index contributed by atoms with van der Waals surface area (Å²) in [7, 11) is 0. The van der Waals surface area contributed by atoms with Crippen LogP contribution in [0.3, 0.4) is 0 Å². The Morgan fingerprint density at radius 2 is 1.86 bits per heavy atom. The Bertz CT molecular complexity index is 295. The van der Waals surface area contributed by atoms with Gasteiger partial charge in [-0.1, -0.05) is 20.8 Å². The van der Waals surface area contributed by atoms with Gasteiger partial charge >= 0.3 is 5.97 Å². The van der Waals surface area contributed by atoms with Crippen LogP contribution >= 0.6 is 0 Å². The van der Waals surface area contributed by atoms with E-state index in [0.29, 0.717) is 5.92 Å². The lowest BCUT2D eigenvalue weighted by molar-refractivity contribution is -0.157. The van der Waals surface area contributed by atoms with Gasteiger partial charge in [0.1, 0.15) is 0 Å². The number of fused-ring (bicyclic) bond motifs is 2. The van der Waals surface area contributed by atoms with Gasteiger partial charge in [0, 0.05) is 0 Å². The Labute approximate surface area is 85.7 Å². The van der Waals surface area contributed by atoms with E-state index in [-0.39, 0.29) is 10.8 Å². The molecule has 2 aliphatic rings. The van der Waals surface area contributed by atoms with Gasteiger partial charge in [-0.05, 0) is 42.9 Å². The summed E-state index contributed by atoms with van der Waals surface area (Å²) in [5.74, 6) is 0.00359. The molecule has 0 aromatic rings. The Morgan fingerprint density at radius 1 is 1.29 bits per heavy atom. The minimum atomic E-state index is -0.602. The number of carbonyl (C=O) groups is 1. The Morgan fingerprint density at radius 3 is 2.07 bits per heavy atom. The van der Waals surface area contributed by atoms with Crippen LogP contribution < -0.4 is 0 Å². The van der Waals surface area contributed by atoms with Crippen molar-refractivity contribution in [3.05, 3.63) is 0 Å². The summed E-state index contributed by atoms with van der Waals surface area (Å²) in [5, 5.41) is 9.39. The van der Waals surface area contributed by atoms with Gasteiger partial charge in [-0.25, -0.2) is 0 Å². The minimum Gasteiger partial charge on any atom is -0.481 e. The molecule has 2 fully saturated rings. The van der Waals surface area contributed by atoms with Crippen molar-refractivity contribution in [3.63, 3.8) is 0 Å². The molecule has 2 rings (SSSR count). The first-order chi connectivity index (χ1) is 6.26. The number of hydrogen-bond donors (Lipinski definition) is 1. The topological polar surface area (TPSA) is 37.3 Å². The van der Waals surface area contributed by atoms with Crippen LogP contribution in [0.1, 0.15) is 47.0 Å². The quantitative estimate of drug-likeness (QED) is 0.700. The third-order valence-corrected chi connectivity index (χ3v) is 5.78. The predicted molar refractivity (Wildman–Crippen MR) is 55.0 cm³/mol. The smallest absolute Gasteiger partial charge is 0.309 e. The van der Waals surface area contributed by atoms with Crippen LogP contribution in [-0.2, 0) is 4.79 Å². The molecule has 0 saturated heterocycles. The number of carboxylic acid groups (broad SMARTS) is 1. The second-order valence-electron chi connectivity index (χ2n) is 6.13. The Kier molecular flexibility index (Phi) is 1.67. The normalized spacial score (nSPS) is 49.6. The van der Waals surface area contributed by atoms with E-state index in [1.807, 2.05) is 6.92 Å². The fourth-order valence-electron chi connectivity index (χ4n) is 3.98. The van der Waals surface area contributed by atoms with Crippen molar-refractivity contribution in [1.82, 2.24) is 0 Å². The third kappa shape index (κ3) is 0.768. The lowest BCUT2D eigenvalue weighted by Crippen LogP contribution is -2.44. The largest absolute Gasteiger partial charge is 0.481 e. The van der Waals surface area contributed by atoms with Gasteiger partial charge in [-0.15, -0.1) is 0 Å². The molecule has 3 unspecified atom stereocenters. The van der Waals surface area contributed by atoms with Gasteiger partial charge < -0.3 is 5.11 Å². The molecule has 1 N–H and O–H groups in total. The van der Waals surface area contributed by atoms with Crippen molar-refractivity contribution in [3.8, 4) is 0 Å². The maximum Gasteiger partial charge on any atom is 0.309 e. The van der Waals surface area contributed by atoms with Crippen LogP contribution in [0.15, 0.2) is 0 Å². The van der Waals surface area contributed by atoms with Crippen LogP contribution in [0.5, 0.6) is 0 Å². The highest BCUT2D eigenvalue weighted by Gasteiger charge is 2.69. The first-order valence-electron chi connectivity index (χ1n) is 5.49. The van der Waals surface area contributed by atoms with Gasteiger partial charge in [0.15, 0.2) is 0 Å². The lowest BCUT2D eigenvalue weighted by Gasteiger charge is -2.43. The van der Waals surface area contributed by atoms with Gasteiger partial charge in [-0.2, -0.15) is 0 Å². The van der Waals surface area contributed by atoms with Crippen LogP contribution in [0.4, 0.5) is 0 Å². The summed E-state index contributed by atoms with van der Waals surface area (Å²) in [5.41, 5.74) is -0.323. The maximum atomic E-state index is 11.4. The number of aliphatic carboxylic acids is 1. The maximum absolute atomic E-state index is 11.4. The van der Waals surface area contributed by atoms with Gasteiger partial charge in [-0.3, -0.25) is 4.79 Å². The van der Waals surface area contributed by atoms with E-state index in [9.17, 15) is 9.90 Å². The summed E-state index contributed by atoms with van der Waals surface area (Å²) < 4.78 is 0. The zero-order valence-electron chi connectivity index (χ0n) is 9.55. The molecule has 0 aromatic heterocycles. The van der Waals surface area contributed by atoms with E-state index in [1.54, 1.807) is 0 Å². The molecular weight excluding hydrogens is 176 g/mol. The number of rotatable bonds is 1. The molecule has 0 heterocycles. The molecule has 2 nitrogen and oxygen atoms in total. The van der Waals surface area contributed by atoms with E-state index in [1.165, 1.54) is 6.42 Å². The van der Waals surface area contributed by atoms with E-state index in [0.717, 1.165) is 12.8 Å². The first-order valence-corrected chi connectivity index (χ1v) is 5.49. The van der Waals surface area contributed by atoms with Crippen molar-refractivity contribution in [2.75, 3.05) is 0 Å². The molecule has 0 amide bonds. The Balaban J connectivity index is 2.50. The summed E-state index contributed by atoms with van der Waals surface area (Å²) >= 11 is 0. The molecule has 0 spiro atoms. The monoisotopic (exact) mass is 196 g/mol. The van der Waals surface area contributed by atoms with E-state index < -0.39 is 11.4 Å². The fraction of sp³-hybridized carbons (Fsp3) is 0.917. The van der Waals surface area contributed by atoms with Crippen LogP contribution in [0, 0.1) is 22.2 Å². The molecule has 2 bridgehead atoms. The van der Waals surface area contributed by atoms with E-state index in [2.05, 4.69) is 20.8 Å². The second-order valence-corrected chi connectivity index (χ2v) is 6.13. The minimum absolute atomic E-state index is 0.0174. The van der Waals surface area contributed by atoms with Gasteiger partial charge in [0.2, 0.25) is 0 Å². The van der Waals surface area contributed by atoms with E-state index in [4.69, 9.17) is 0 Å². The molecule has 3 atom stereocenters. The van der Waals surface area contributed by atoms with Crippen molar-refractivity contribution < 1.29 is 9.90 Å². The zero-order valence-corrected chi connectivity index (χ0v) is 9.55. The SMILES string of the molecule is CC1(C(=O)O)CC2CCC1(C)C2(C)C. The molecule has 2 aliphatic carbocycles. The van der Waals surface area contributed by atoms with Gasteiger partial charge in [0.05, 0.1) is 5.41 Å². The molecule has 2 saturated carbocycles. The third-order valence-electron chi connectivity index (χ3n) is 5.78.